The second kappa shape index (κ2) is 12.5. The van der Waals surface area contributed by atoms with E-state index in [1.165, 1.54) is 6.42 Å². The summed E-state index contributed by atoms with van der Waals surface area (Å²) in [5, 5.41) is 3.28. The molecule has 1 aromatic carbocycles. The molecule has 0 aliphatic carbocycles. The molecule has 1 aliphatic heterocycles. The summed E-state index contributed by atoms with van der Waals surface area (Å²) in [6.07, 6.45) is 5.21. The summed E-state index contributed by atoms with van der Waals surface area (Å²) >= 11 is 0. The van der Waals surface area contributed by atoms with Crippen molar-refractivity contribution in [2.75, 3.05) is 64.6 Å². The Morgan fingerprint density at radius 2 is 1.88 bits per heavy atom. The minimum atomic E-state index is 0. The molecular formula is C24H38N4O5. The van der Waals surface area contributed by atoms with Crippen molar-refractivity contribution in [3.63, 3.8) is 0 Å². The van der Waals surface area contributed by atoms with Crippen LogP contribution in [0.3, 0.4) is 0 Å². The number of piperidine rings is 1. The highest BCUT2D eigenvalue weighted by molar-refractivity contribution is 5.66. The molecule has 0 spiro atoms. The molecule has 2 heterocycles. The van der Waals surface area contributed by atoms with Crippen molar-refractivity contribution >= 4 is 17.5 Å². The monoisotopic (exact) mass is 462 g/mol. The van der Waals surface area contributed by atoms with Crippen molar-refractivity contribution in [3.8, 4) is 17.2 Å². The zero-order chi connectivity index (χ0) is 23.6. The van der Waals surface area contributed by atoms with E-state index in [-0.39, 0.29) is 1.43 Å². The Hall–Kier alpha value is -2.78. The lowest BCUT2D eigenvalue weighted by Crippen LogP contribution is -2.37. The molecule has 0 amide bonds. The number of nitrogens with one attached hydrogen (secondary N) is 1. The lowest BCUT2D eigenvalue weighted by molar-refractivity contribution is -0.0528. The second-order valence-corrected chi connectivity index (χ2v) is 8.00. The van der Waals surface area contributed by atoms with Gasteiger partial charge in [0, 0.05) is 57.3 Å². The zero-order valence-corrected chi connectivity index (χ0v) is 20.3. The third-order valence-corrected chi connectivity index (χ3v) is 5.73. The number of benzene rings is 1. The fourth-order valence-corrected chi connectivity index (χ4v) is 4.04. The van der Waals surface area contributed by atoms with Crippen LogP contribution in [-0.4, -0.2) is 64.4 Å². The van der Waals surface area contributed by atoms with E-state index in [1.54, 1.807) is 21.3 Å². The van der Waals surface area contributed by atoms with Gasteiger partial charge in [0.2, 0.25) is 11.7 Å². The van der Waals surface area contributed by atoms with Crippen LogP contribution in [-0.2, 0) is 9.47 Å². The van der Waals surface area contributed by atoms with Crippen molar-refractivity contribution < 1.29 is 25.1 Å². The summed E-state index contributed by atoms with van der Waals surface area (Å²) in [7, 11) is 4.77. The van der Waals surface area contributed by atoms with Gasteiger partial charge in [-0.15, -0.1) is 0 Å². The maximum absolute atomic E-state index is 5.58. The van der Waals surface area contributed by atoms with Crippen molar-refractivity contribution in [2.45, 2.75) is 33.1 Å². The molecule has 1 atom stereocenters. The topological polar surface area (TPSA) is 87.2 Å². The van der Waals surface area contributed by atoms with Gasteiger partial charge in [0.15, 0.2) is 11.5 Å². The van der Waals surface area contributed by atoms with Crippen LogP contribution in [0.15, 0.2) is 18.3 Å². The van der Waals surface area contributed by atoms with Gasteiger partial charge in [-0.3, -0.25) is 0 Å². The molecule has 9 heteroatoms. The fourth-order valence-electron chi connectivity index (χ4n) is 4.04. The SMILES string of the molecule is CCOCOCCC1CCCN(c2nc(Nc3cc(OC)c(OC)c(OC)c3)ncc2C)C1.[HH]. The van der Waals surface area contributed by atoms with Gasteiger partial charge in [-0.05, 0) is 39.0 Å². The van der Waals surface area contributed by atoms with Crippen molar-refractivity contribution in [1.29, 1.82) is 0 Å². The number of aryl methyl sites for hydroxylation is 1. The van der Waals surface area contributed by atoms with Crippen molar-refractivity contribution in [3.05, 3.63) is 23.9 Å². The molecule has 1 fully saturated rings. The third kappa shape index (κ3) is 6.61. The highest BCUT2D eigenvalue weighted by Gasteiger charge is 2.23. The molecule has 9 nitrogen and oxygen atoms in total. The fraction of sp³-hybridized carbons (Fsp3) is 0.583. The van der Waals surface area contributed by atoms with Gasteiger partial charge in [0.25, 0.3) is 0 Å². The molecule has 1 N–H and O–H groups in total. The molecule has 0 saturated carbocycles. The molecule has 0 bridgehead atoms. The number of hydrogen-bond donors (Lipinski definition) is 1. The summed E-state index contributed by atoms with van der Waals surface area (Å²) < 4.78 is 27.1. The highest BCUT2D eigenvalue weighted by atomic mass is 16.7. The van der Waals surface area contributed by atoms with Crippen LogP contribution < -0.4 is 24.4 Å². The first-order valence-electron chi connectivity index (χ1n) is 11.4. The number of rotatable bonds is 12. The maximum Gasteiger partial charge on any atom is 0.229 e. The van der Waals surface area contributed by atoms with E-state index in [9.17, 15) is 0 Å². The highest BCUT2D eigenvalue weighted by Crippen LogP contribution is 2.40. The van der Waals surface area contributed by atoms with E-state index >= 15 is 0 Å². The number of hydrogen-bond acceptors (Lipinski definition) is 9. The first-order chi connectivity index (χ1) is 16.1. The predicted octanol–water partition coefficient (Wildman–Crippen LogP) is 4.42. The third-order valence-electron chi connectivity index (χ3n) is 5.73. The average Bonchev–Trinajstić information content (AvgIpc) is 2.84. The Morgan fingerprint density at radius 1 is 1.12 bits per heavy atom. The summed E-state index contributed by atoms with van der Waals surface area (Å²) in [5.74, 6) is 3.73. The van der Waals surface area contributed by atoms with Gasteiger partial charge in [-0.25, -0.2) is 4.98 Å². The van der Waals surface area contributed by atoms with E-state index in [0.29, 0.717) is 42.5 Å². The predicted molar refractivity (Wildman–Crippen MR) is 130 cm³/mol. The molecule has 3 rings (SSSR count). The Morgan fingerprint density at radius 3 is 2.55 bits per heavy atom. The van der Waals surface area contributed by atoms with E-state index in [1.807, 2.05) is 32.2 Å². The van der Waals surface area contributed by atoms with Crippen LogP contribution in [0.2, 0.25) is 0 Å². The Labute approximate surface area is 197 Å². The molecular weight excluding hydrogens is 424 g/mol. The minimum Gasteiger partial charge on any atom is -0.493 e. The molecule has 33 heavy (non-hydrogen) atoms. The number of methoxy groups -OCH3 is 3. The molecule has 2 aromatic rings. The van der Waals surface area contributed by atoms with Crippen LogP contribution in [0.5, 0.6) is 17.2 Å². The molecule has 184 valence electrons. The van der Waals surface area contributed by atoms with Crippen LogP contribution in [0.1, 0.15) is 33.2 Å². The quantitative estimate of drug-likeness (QED) is 0.364. The maximum atomic E-state index is 5.58. The van der Waals surface area contributed by atoms with Gasteiger partial charge in [0.05, 0.1) is 21.3 Å². The van der Waals surface area contributed by atoms with Gasteiger partial charge in [-0.2, -0.15) is 4.98 Å². The Bertz CT molecular complexity index is 877. The Balaban J connectivity index is 0.00000408. The van der Waals surface area contributed by atoms with Crippen molar-refractivity contribution in [2.24, 2.45) is 5.92 Å². The van der Waals surface area contributed by atoms with Crippen LogP contribution in [0.4, 0.5) is 17.5 Å². The number of anilines is 3. The number of aromatic nitrogens is 2. The lowest BCUT2D eigenvalue weighted by atomic mass is 9.95. The minimum absolute atomic E-state index is 0. The zero-order valence-electron chi connectivity index (χ0n) is 20.3. The average molecular weight is 463 g/mol. The van der Waals surface area contributed by atoms with Gasteiger partial charge >= 0.3 is 0 Å². The van der Waals surface area contributed by atoms with Crippen LogP contribution in [0.25, 0.3) is 0 Å². The summed E-state index contributed by atoms with van der Waals surface area (Å²) in [5.41, 5.74) is 1.81. The molecule has 0 radical (unpaired) electrons. The molecule has 1 aromatic heterocycles. The molecule has 1 unspecified atom stereocenters. The summed E-state index contributed by atoms with van der Waals surface area (Å²) in [4.78, 5) is 11.7. The molecule has 1 saturated heterocycles. The standard InChI is InChI=1S/C24H36N4O5.H2/c1-6-32-16-33-11-9-18-8-7-10-28(15-18)23-17(2)14-25-24(27-23)26-19-12-20(29-3)22(31-5)21(13-19)30-4;/h12-14,18H,6-11,15-16H2,1-5H3,(H,25,26,27);1H. The van der Waals surface area contributed by atoms with Gasteiger partial charge in [0.1, 0.15) is 12.6 Å². The normalized spacial score (nSPS) is 15.9. The number of ether oxygens (including phenoxy) is 5. The van der Waals surface area contributed by atoms with E-state index in [0.717, 1.165) is 49.6 Å². The smallest absolute Gasteiger partial charge is 0.229 e. The first kappa shape index (κ1) is 24.9. The number of nitrogens with zero attached hydrogens (tertiary/aromatic N) is 3. The van der Waals surface area contributed by atoms with E-state index < -0.39 is 0 Å². The second-order valence-electron chi connectivity index (χ2n) is 8.00. The van der Waals surface area contributed by atoms with Crippen LogP contribution in [0, 0.1) is 12.8 Å². The van der Waals surface area contributed by atoms with Gasteiger partial charge < -0.3 is 33.9 Å². The largest absolute Gasteiger partial charge is 0.493 e. The van der Waals surface area contributed by atoms with E-state index in [4.69, 9.17) is 28.7 Å². The van der Waals surface area contributed by atoms with E-state index in [2.05, 4.69) is 15.2 Å². The summed E-state index contributed by atoms with van der Waals surface area (Å²) in [6, 6.07) is 3.67. The summed E-state index contributed by atoms with van der Waals surface area (Å²) in [6.45, 7) is 7.72. The Kier molecular flexibility index (Phi) is 9.38. The van der Waals surface area contributed by atoms with Crippen molar-refractivity contribution in [1.82, 2.24) is 9.97 Å². The molecule has 1 aliphatic rings. The lowest BCUT2D eigenvalue weighted by Gasteiger charge is -2.34. The van der Waals surface area contributed by atoms with Gasteiger partial charge in [-0.1, -0.05) is 0 Å². The first-order valence-corrected chi connectivity index (χ1v) is 11.4. The van der Waals surface area contributed by atoms with Crippen LogP contribution >= 0.6 is 0 Å².